The summed E-state index contributed by atoms with van der Waals surface area (Å²) in [6.45, 7) is 0.634. The van der Waals surface area contributed by atoms with Crippen LogP contribution in [-0.4, -0.2) is 91.4 Å². The number of aryl methyl sites for hydroxylation is 1. The number of unbranched alkanes of at least 4 members (excludes halogenated alkanes) is 4. The number of aliphatic hydroxyl groups excluding tert-OH is 4. The predicted molar refractivity (Wildman–Crippen MR) is 196 cm³/mol. The number of fused-ring (bicyclic) bond motifs is 1. The van der Waals surface area contributed by atoms with E-state index in [2.05, 4.69) is 10.3 Å². The molecule has 0 bridgehead atoms. The van der Waals surface area contributed by atoms with E-state index in [1.165, 1.54) is 11.9 Å². The number of aromatic nitrogens is 1. The van der Waals surface area contributed by atoms with Gasteiger partial charge in [-0.15, -0.1) is 0 Å². The zero-order valence-corrected chi connectivity index (χ0v) is 31.8. The van der Waals surface area contributed by atoms with Crippen LogP contribution in [0.2, 0.25) is 0 Å². The summed E-state index contributed by atoms with van der Waals surface area (Å²) in [5, 5.41) is 43.8. The highest BCUT2D eigenvalue weighted by molar-refractivity contribution is 6.24. The van der Waals surface area contributed by atoms with Crippen LogP contribution in [0.4, 0.5) is 40.8 Å². The number of hydrogen-bond donors (Lipinski definition) is 5. The Morgan fingerprint density at radius 2 is 1.63 bits per heavy atom. The molecule has 19 heteroatoms. The van der Waals surface area contributed by atoms with Gasteiger partial charge in [-0.25, -0.2) is 13.8 Å². The summed E-state index contributed by atoms with van der Waals surface area (Å²) >= 11 is 0. The van der Waals surface area contributed by atoms with Crippen LogP contribution in [0.25, 0.3) is 11.1 Å². The Kier molecular flexibility index (Phi) is 14.4. The Morgan fingerprint density at radius 3 is 2.25 bits per heavy atom. The molecule has 0 aliphatic carbocycles. The second-order valence-corrected chi connectivity index (χ2v) is 14.7. The number of anilines is 1. The van der Waals surface area contributed by atoms with E-state index >= 15 is 8.78 Å². The molecule has 5 rings (SSSR count). The van der Waals surface area contributed by atoms with Gasteiger partial charge in [0.1, 0.15) is 40.9 Å². The molecule has 0 spiro atoms. The van der Waals surface area contributed by atoms with Crippen molar-refractivity contribution in [1.82, 2.24) is 15.0 Å². The van der Waals surface area contributed by atoms with Gasteiger partial charge in [-0.3, -0.25) is 19.6 Å². The number of pyridine rings is 1. The first kappa shape index (κ1) is 45.4. The minimum absolute atomic E-state index is 0.115. The predicted octanol–water partition coefficient (Wildman–Crippen LogP) is 6.85. The average Bonchev–Trinajstić information content (AvgIpc) is 3.58. The lowest BCUT2D eigenvalue weighted by molar-refractivity contribution is -0.160. The normalized spacial score (nSPS) is 18.6. The van der Waals surface area contributed by atoms with Crippen molar-refractivity contribution in [3.8, 4) is 11.1 Å². The second-order valence-electron chi connectivity index (χ2n) is 14.7. The number of carbonyl (C=O) groups excluding carboxylic acids is 2. The second kappa shape index (κ2) is 18.7. The summed E-state index contributed by atoms with van der Waals surface area (Å²) in [6, 6.07) is 5.74. The summed E-state index contributed by atoms with van der Waals surface area (Å²) in [4.78, 5) is 31.2. The van der Waals surface area contributed by atoms with Gasteiger partial charge in [-0.1, -0.05) is 25.3 Å². The fraction of sp³-hybridized carbons (Fsp3) is 0.475. The number of carbonyl (C=O) groups is 2. The van der Waals surface area contributed by atoms with Crippen LogP contribution in [0.3, 0.4) is 0 Å². The Bertz CT molecular complexity index is 1990. The standard InChI is InChI=1S/C40H44F8N4O7/c1-38-13-7-14-52(38)51(20-27-28(41)16-23(17-29(27)42)8-5-3-2-4-6-15-59-22-32(55)31(54)21-53)37(58)34(35(38)56)36(57)50-30-11-10-25(39(43,44)45)18-26(30)24-9-12-33(49-19-24)40(46,47)48/h9-12,16-19,31-32,53-56H,2-8,13-15,20-22H2,1H3,(H,50,57)/t31?,32?,38-/m1/s1. The number of nitrogens with one attached hydrogen (secondary N) is 1. The average molecular weight is 845 g/mol. The lowest BCUT2D eigenvalue weighted by Gasteiger charge is -2.46. The highest BCUT2D eigenvalue weighted by Crippen LogP contribution is 2.43. The molecular weight excluding hydrogens is 800 g/mol. The Hall–Kier alpha value is -4.69. The zero-order chi connectivity index (χ0) is 43.3. The highest BCUT2D eigenvalue weighted by atomic mass is 19.4. The molecule has 1 saturated heterocycles. The van der Waals surface area contributed by atoms with E-state index in [-0.39, 0.29) is 30.8 Å². The number of rotatable bonds is 17. The SMILES string of the molecule is C[C@]12CCCN1N(Cc1c(F)cc(CCCCCCCOCC(O)C(O)CO)cc1F)C(=O)C(C(=O)Nc1ccc(C(F)(F)F)cc1-c1ccc(C(F)(F)F)nc1)=C2O. The van der Waals surface area contributed by atoms with E-state index in [1.54, 1.807) is 0 Å². The lowest BCUT2D eigenvalue weighted by Crippen LogP contribution is -2.60. The molecule has 3 atom stereocenters. The molecular formula is C40H44F8N4O7. The fourth-order valence-corrected chi connectivity index (χ4v) is 7.12. The first-order chi connectivity index (χ1) is 27.8. The topological polar surface area (TPSA) is 156 Å². The van der Waals surface area contributed by atoms with Crippen LogP contribution in [0.15, 0.2) is 60.0 Å². The molecule has 59 heavy (non-hydrogen) atoms. The molecule has 11 nitrogen and oxygen atoms in total. The van der Waals surface area contributed by atoms with Gasteiger partial charge in [-0.2, -0.15) is 26.3 Å². The summed E-state index contributed by atoms with van der Waals surface area (Å²) in [5.41, 5.74) is -5.89. The molecule has 0 saturated carbocycles. The number of halogens is 8. The molecule has 2 aromatic carbocycles. The van der Waals surface area contributed by atoms with E-state index in [9.17, 15) is 51.3 Å². The van der Waals surface area contributed by atoms with Gasteiger partial charge < -0.3 is 30.5 Å². The Morgan fingerprint density at radius 1 is 0.949 bits per heavy atom. The molecule has 2 aliphatic heterocycles. The number of ether oxygens (including phenoxy) is 1. The number of amides is 2. The third-order valence-corrected chi connectivity index (χ3v) is 10.5. The number of aliphatic hydroxyl groups is 4. The van der Waals surface area contributed by atoms with Crippen molar-refractivity contribution in [1.29, 1.82) is 0 Å². The van der Waals surface area contributed by atoms with Gasteiger partial charge in [-0.05, 0) is 81.0 Å². The molecule has 3 heterocycles. The number of hydrogen-bond acceptors (Lipinski definition) is 9. The molecule has 322 valence electrons. The lowest BCUT2D eigenvalue weighted by atomic mass is 9.90. The summed E-state index contributed by atoms with van der Waals surface area (Å²) < 4.78 is 117. The minimum atomic E-state index is -4.89. The minimum Gasteiger partial charge on any atom is -0.509 e. The van der Waals surface area contributed by atoms with Gasteiger partial charge in [0.25, 0.3) is 11.8 Å². The third-order valence-electron chi connectivity index (χ3n) is 10.5. The third kappa shape index (κ3) is 10.6. The van der Waals surface area contributed by atoms with Crippen LogP contribution in [0.1, 0.15) is 74.3 Å². The molecule has 1 aromatic heterocycles. The van der Waals surface area contributed by atoms with Gasteiger partial charge in [0.2, 0.25) is 0 Å². The Labute approximate surface area is 333 Å². The number of benzene rings is 2. The molecule has 3 aromatic rings. The van der Waals surface area contributed by atoms with Crippen molar-refractivity contribution in [2.75, 3.05) is 31.7 Å². The van der Waals surface area contributed by atoms with Crippen LogP contribution in [0.5, 0.6) is 0 Å². The van der Waals surface area contributed by atoms with Crippen LogP contribution in [-0.2, 0) is 39.6 Å². The molecule has 2 unspecified atom stereocenters. The van der Waals surface area contributed by atoms with Crippen molar-refractivity contribution in [3.05, 3.63) is 94.0 Å². The summed E-state index contributed by atoms with van der Waals surface area (Å²) in [7, 11) is 0. The van der Waals surface area contributed by atoms with E-state index < -0.39 is 100 Å². The van der Waals surface area contributed by atoms with Crippen LogP contribution < -0.4 is 5.32 Å². The van der Waals surface area contributed by atoms with Gasteiger partial charge in [0, 0.05) is 41.7 Å². The monoisotopic (exact) mass is 844 g/mol. The first-order valence-corrected chi connectivity index (χ1v) is 18.9. The maximum atomic E-state index is 15.6. The Balaban J connectivity index is 1.29. The van der Waals surface area contributed by atoms with Crippen molar-refractivity contribution in [3.63, 3.8) is 0 Å². The summed E-state index contributed by atoms with van der Waals surface area (Å²) in [6.07, 6.45) is -6.98. The molecule has 2 aliphatic rings. The van der Waals surface area contributed by atoms with E-state index in [0.29, 0.717) is 62.2 Å². The van der Waals surface area contributed by atoms with Crippen LogP contribution >= 0.6 is 0 Å². The molecule has 1 fully saturated rings. The van der Waals surface area contributed by atoms with Crippen molar-refractivity contribution in [2.45, 2.75) is 94.9 Å². The molecule has 5 N–H and O–H groups in total. The fourth-order valence-electron chi connectivity index (χ4n) is 7.12. The smallest absolute Gasteiger partial charge is 0.433 e. The van der Waals surface area contributed by atoms with E-state index in [1.807, 2.05) is 0 Å². The zero-order valence-electron chi connectivity index (χ0n) is 31.8. The molecule has 0 radical (unpaired) electrons. The van der Waals surface area contributed by atoms with E-state index in [4.69, 9.17) is 9.84 Å². The molecule has 2 amide bonds. The van der Waals surface area contributed by atoms with E-state index in [0.717, 1.165) is 48.5 Å². The number of alkyl halides is 6. The largest absolute Gasteiger partial charge is 0.509 e. The van der Waals surface area contributed by atoms with Crippen molar-refractivity contribution < 1.29 is 69.9 Å². The van der Waals surface area contributed by atoms with Gasteiger partial charge >= 0.3 is 12.4 Å². The summed E-state index contributed by atoms with van der Waals surface area (Å²) in [5.74, 6) is -5.03. The van der Waals surface area contributed by atoms with Gasteiger partial charge in [0.05, 0.1) is 30.9 Å². The quantitative estimate of drug-likeness (QED) is 0.0558. The maximum absolute atomic E-state index is 15.6. The van der Waals surface area contributed by atoms with Gasteiger partial charge in [0.15, 0.2) is 0 Å². The van der Waals surface area contributed by atoms with Crippen molar-refractivity contribution in [2.24, 2.45) is 0 Å². The van der Waals surface area contributed by atoms with Crippen LogP contribution in [0, 0.1) is 11.6 Å². The highest BCUT2D eigenvalue weighted by Gasteiger charge is 2.53. The van der Waals surface area contributed by atoms with Crippen molar-refractivity contribution >= 4 is 17.5 Å². The number of hydrazine groups is 1. The first-order valence-electron chi connectivity index (χ1n) is 18.9. The maximum Gasteiger partial charge on any atom is 0.433 e. The number of nitrogens with zero attached hydrogens (tertiary/aromatic N) is 3.